The van der Waals surface area contributed by atoms with Gasteiger partial charge in [-0.05, 0) is 43.2 Å². The first kappa shape index (κ1) is 14.8. The van der Waals surface area contributed by atoms with Gasteiger partial charge in [-0.25, -0.2) is 4.98 Å². The molecule has 1 aromatic carbocycles. The van der Waals surface area contributed by atoms with Crippen LogP contribution in [0, 0.1) is 6.92 Å². The number of hydrogen-bond donors (Lipinski definition) is 1. The van der Waals surface area contributed by atoms with E-state index in [4.69, 9.17) is 11.6 Å². The fourth-order valence-corrected chi connectivity index (χ4v) is 3.31. The van der Waals surface area contributed by atoms with E-state index in [0.717, 1.165) is 20.2 Å². The number of nitrogens with one attached hydrogen (secondary N) is 1. The normalized spacial score (nSPS) is 12.3. The Morgan fingerprint density at radius 3 is 2.63 bits per heavy atom. The number of hydrogen-bond acceptors (Lipinski definition) is 2. The highest BCUT2D eigenvalue weighted by Gasteiger charge is 2.10. The van der Waals surface area contributed by atoms with Crippen molar-refractivity contribution in [3.63, 3.8) is 0 Å². The smallest absolute Gasteiger partial charge is 0.132 e. The predicted molar refractivity (Wildman–Crippen MR) is 87.9 cm³/mol. The van der Waals surface area contributed by atoms with Crippen LogP contribution in [0.3, 0.4) is 0 Å². The van der Waals surface area contributed by atoms with Crippen molar-refractivity contribution in [1.29, 1.82) is 0 Å². The lowest BCUT2D eigenvalue weighted by atomic mass is 10.1. The van der Waals surface area contributed by atoms with Gasteiger partial charge in [-0.3, -0.25) is 0 Å². The lowest BCUT2D eigenvalue weighted by Crippen LogP contribution is -2.07. The SMILES string of the molecule is Cc1cc(NC(C)c2ccc(Br)cc2Br)cnc1Cl. The van der Waals surface area contributed by atoms with Gasteiger partial charge >= 0.3 is 0 Å². The molecule has 2 nitrogen and oxygen atoms in total. The van der Waals surface area contributed by atoms with Gasteiger partial charge in [0.25, 0.3) is 0 Å². The molecular weight excluding hydrogens is 391 g/mol. The third kappa shape index (κ3) is 3.71. The third-order valence-electron chi connectivity index (χ3n) is 2.83. The molecule has 2 rings (SSSR count). The zero-order valence-corrected chi connectivity index (χ0v) is 14.5. The van der Waals surface area contributed by atoms with Crippen molar-refractivity contribution in [1.82, 2.24) is 4.98 Å². The van der Waals surface area contributed by atoms with E-state index < -0.39 is 0 Å². The monoisotopic (exact) mass is 402 g/mol. The van der Waals surface area contributed by atoms with Crippen molar-refractivity contribution in [2.75, 3.05) is 5.32 Å². The van der Waals surface area contributed by atoms with E-state index in [0.29, 0.717) is 5.15 Å². The van der Waals surface area contributed by atoms with Gasteiger partial charge < -0.3 is 5.32 Å². The average molecular weight is 405 g/mol. The van der Waals surface area contributed by atoms with E-state index in [1.807, 2.05) is 25.1 Å². The number of benzene rings is 1. The molecule has 0 saturated heterocycles. The van der Waals surface area contributed by atoms with Gasteiger partial charge in [0.15, 0.2) is 0 Å². The van der Waals surface area contributed by atoms with Crippen molar-refractivity contribution in [2.24, 2.45) is 0 Å². The molecule has 5 heteroatoms. The second-order valence-electron chi connectivity index (χ2n) is 4.36. The summed E-state index contributed by atoms with van der Waals surface area (Å²) in [4.78, 5) is 4.15. The van der Waals surface area contributed by atoms with Gasteiger partial charge in [-0.1, -0.05) is 49.5 Å². The molecule has 1 heterocycles. The number of aryl methyl sites for hydroxylation is 1. The number of rotatable bonds is 3. The molecule has 1 unspecified atom stereocenters. The largest absolute Gasteiger partial charge is 0.377 e. The Balaban J connectivity index is 2.20. The second-order valence-corrected chi connectivity index (χ2v) is 6.49. The number of pyridine rings is 1. The molecule has 19 heavy (non-hydrogen) atoms. The Hall–Kier alpha value is -0.580. The van der Waals surface area contributed by atoms with Crippen LogP contribution < -0.4 is 5.32 Å². The van der Waals surface area contributed by atoms with Gasteiger partial charge in [0, 0.05) is 15.0 Å². The van der Waals surface area contributed by atoms with E-state index in [1.54, 1.807) is 6.20 Å². The molecule has 1 atom stereocenters. The van der Waals surface area contributed by atoms with Crippen LogP contribution in [0.2, 0.25) is 5.15 Å². The van der Waals surface area contributed by atoms with Crippen molar-refractivity contribution < 1.29 is 0 Å². The van der Waals surface area contributed by atoms with Crippen LogP contribution in [0.5, 0.6) is 0 Å². The summed E-state index contributed by atoms with van der Waals surface area (Å²) < 4.78 is 2.12. The highest BCUT2D eigenvalue weighted by Crippen LogP contribution is 2.29. The Kier molecular flexibility index (Phi) is 4.87. The van der Waals surface area contributed by atoms with Crippen molar-refractivity contribution >= 4 is 49.1 Å². The van der Waals surface area contributed by atoms with Crippen LogP contribution in [0.4, 0.5) is 5.69 Å². The van der Waals surface area contributed by atoms with Crippen LogP contribution in [-0.4, -0.2) is 4.98 Å². The number of anilines is 1. The van der Waals surface area contributed by atoms with Crippen LogP contribution in [0.25, 0.3) is 0 Å². The lowest BCUT2D eigenvalue weighted by Gasteiger charge is -2.17. The molecule has 0 amide bonds. The van der Waals surface area contributed by atoms with Gasteiger partial charge in [0.2, 0.25) is 0 Å². The molecule has 1 aromatic heterocycles. The molecule has 0 fully saturated rings. The van der Waals surface area contributed by atoms with Crippen LogP contribution in [0.1, 0.15) is 24.1 Å². The molecular formula is C14H13Br2ClN2. The van der Waals surface area contributed by atoms with E-state index >= 15 is 0 Å². The summed E-state index contributed by atoms with van der Waals surface area (Å²) in [6.07, 6.45) is 1.75. The minimum atomic E-state index is 0.171. The zero-order chi connectivity index (χ0) is 14.0. The maximum atomic E-state index is 5.93. The van der Waals surface area contributed by atoms with Gasteiger partial charge in [-0.2, -0.15) is 0 Å². The predicted octanol–water partition coefficient (Wildman–Crippen LogP) is 5.74. The quantitative estimate of drug-likeness (QED) is 0.660. The van der Waals surface area contributed by atoms with Crippen molar-refractivity contribution in [2.45, 2.75) is 19.9 Å². The summed E-state index contributed by atoms with van der Waals surface area (Å²) in [6.45, 7) is 4.05. The molecule has 1 N–H and O–H groups in total. The molecule has 0 bridgehead atoms. The van der Waals surface area contributed by atoms with Crippen molar-refractivity contribution in [3.8, 4) is 0 Å². The Bertz CT molecular complexity index is 602. The number of aromatic nitrogens is 1. The van der Waals surface area contributed by atoms with E-state index in [9.17, 15) is 0 Å². The summed E-state index contributed by atoms with van der Waals surface area (Å²) in [5.41, 5.74) is 3.12. The molecule has 0 saturated carbocycles. The highest BCUT2D eigenvalue weighted by atomic mass is 79.9. The summed E-state index contributed by atoms with van der Waals surface area (Å²) in [7, 11) is 0. The fourth-order valence-electron chi connectivity index (χ4n) is 1.82. The minimum absolute atomic E-state index is 0.171. The zero-order valence-electron chi connectivity index (χ0n) is 10.5. The average Bonchev–Trinajstić information content (AvgIpc) is 2.33. The molecule has 0 aliphatic carbocycles. The highest BCUT2D eigenvalue weighted by molar-refractivity contribution is 9.11. The topological polar surface area (TPSA) is 24.9 Å². The molecule has 0 aliphatic heterocycles. The molecule has 0 radical (unpaired) electrons. The Morgan fingerprint density at radius 1 is 1.26 bits per heavy atom. The van der Waals surface area contributed by atoms with Crippen molar-refractivity contribution in [3.05, 3.63) is 55.7 Å². The minimum Gasteiger partial charge on any atom is -0.377 e. The first-order chi connectivity index (χ1) is 8.97. The van der Waals surface area contributed by atoms with Crippen LogP contribution in [-0.2, 0) is 0 Å². The molecule has 2 aromatic rings. The van der Waals surface area contributed by atoms with Gasteiger partial charge in [0.1, 0.15) is 5.15 Å². The number of halogens is 3. The molecule has 0 aliphatic rings. The van der Waals surface area contributed by atoms with Crippen LogP contribution in [0.15, 0.2) is 39.4 Å². The Labute approximate surface area is 134 Å². The lowest BCUT2D eigenvalue weighted by molar-refractivity contribution is 0.876. The standard InChI is InChI=1S/C14H13Br2ClN2/c1-8-5-11(7-18-14(8)17)19-9(2)12-4-3-10(15)6-13(12)16/h3-7,9,19H,1-2H3. The fraction of sp³-hybridized carbons (Fsp3) is 0.214. The summed E-state index contributed by atoms with van der Waals surface area (Å²) in [5, 5.41) is 3.96. The van der Waals surface area contributed by atoms with Gasteiger partial charge in [-0.15, -0.1) is 0 Å². The third-order valence-corrected chi connectivity index (χ3v) is 4.40. The maximum absolute atomic E-state index is 5.93. The van der Waals surface area contributed by atoms with E-state index in [-0.39, 0.29) is 6.04 Å². The van der Waals surface area contributed by atoms with E-state index in [2.05, 4.69) is 55.2 Å². The Morgan fingerprint density at radius 2 is 2.00 bits per heavy atom. The first-order valence-corrected chi connectivity index (χ1v) is 7.77. The second kappa shape index (κ2) is 6.25. The molecule has 0 spiro atoms. The first-order valence-electron chi connectivity index (χ1n) is 5.81. The number of nitrogens with zero attached hydrogens (tertiary/aromatic N) is 1. The molecule has 100 valence electrons. The summed E-state index contributed by atoms with van der Waals surface area (Å²) in [5.74, 6) is 0. The summed E-state index contributed by atoms with van der Waals surface area (Å²) in [6, 6.07) is 8.33. The maximum Gasteiger partial charge on any atom is 0.132 e. The van der Waals surface area contributed by atoms with Gasteiger partial charge in [0.05, 0.1) is 11.9 Å². The van der Waals surface area contributed by atoms with E-state index in [1.165, 1.54) is 5.56 Å². The van der Waals surface area contributed by atoms with Crippen LogP contribution >= 0.6 is 43.5 Å². The summed E-state index contributed by atoms with van der Waals surface area (Å²) >= 11 is 13.0.